The molecule has 0 bridgehead atoms. The molecule has 0 saturated carbocycles. The van der Waals surface area contributed by atoms with Crippen LogP contribution in [0.25, 0.3) is 22.3 Å². The fraction of sp³-hybridized carbons (Fsp3) is 0.125. The Morgan fingerprint density at radius 3 is 2.65 bits per heavy atom. The van der Waals surface area contributed by atoms with Crippen molar-refractivity contribution in [3.8, 4) is 11.4 Å². The molecule has 0 aliphatic heterocycles. The van der Waals surface area contributed by atoms with E-state index in [2.05, 4.69) is 9.97 Å². The van der Waals surface area contributed by atoms with Gasteiger partial charge in [0, 0.05) is 12.0 Å². The second-order valence-electron chi connectivity index (χ2n) is 4.53. The predicted octanol–water partition coefficient (Wildman–Crippen LogP) is 3.10. The lowest BCUT2D eigenvalue weighted by molar-refractivity contribution is 0.495. The van der Waals surface area contributed by atoms with Gasteiger partial charge in [0.15, 0.2) is 0 Å². The highest BCUT2D eigenvalue weighted by molar-refractivity contribution is 5.79. The number of para-hydroxylation sites is 1. The average molecular weight is 268 g/mol. The summed E-state index contributed by atoms with van der Waals surface area (Å²) in [5, 5.41) is 0.555. The van der Waals surface area contributed by atoms with Gasteiger partial charge in [0.05, 0.1) is 17.6 Å². The van der Waals surface area contributed by atoms with Gasteiger partial charge in [-0.05, 0) is 17.7 Å². The molecule has 1 heterocycles. The molecule has 4 heteroatoms. The van der Waals surface area contributed by atoms with Crippen LogP contribution >= 0.6 is 0 Å². The van der Waals surface area contributed by atoms with Crippen LogP contribution < -0.4 is 5.56 Å². The third kappa shape index (κ3) is 2.20. The van der Waals surface area contributed by atoms with Crippen LogP contribution in [0.1, 0.15) is 5.56 Å². The quantitative estimate of drug-likeness (QED) is 0.793. The fourth-order valence-electron chi connectivity index (χ4n) is 2.29. The van der Waals surface area contributed by atoms with Gasteiger partial charge in [0.1, 0.15) is 5.82 Å². The number of rotatable bonds is 3. The number of alkyl halides is 1. The molecule has 0 atom stereocenters. The van der Waals surface area contributed by atoms with E-state index in [1.54, 1.807) is 18.2 Å². The van der Waals surface area contributed by atoms with Gasteiger partial charge in [0.25, 0.3) is 5.56 Å². The Kier molecular flexibility index (Phi) is 3.29. The fourth-order valence-corrected chi connectivity index (χ4v) is 2.29. The molecule has 1 aromatic heterocycles. The number of hydrogen-bond acceptors (Lipinski definition) is 2. The van der Waals surface area contributed by atoms with Gasteiger partial charge in [-0.1, -0.05) is 36.4 Å². The molecule has 0 saturated heterocycles. The van der Waals surface area contributed by atoms with Crippen LogP contribution in [0.2, 0.25) is 0 Å². The van der Waals surface area contributed by atoms with Crippen LogP contribution in [0, 0.1) is 0 Å². The molecular weight excluding hydrogens is 255 g/mol. The number of aryl methyl sites for hydroxylation is 1. The molecule has 0 aliphatic rings. The number of halogens is 1. The second-order valence-corrected chi connectivity index (χ2v) is 4.53. The molecule has 0 aliphatic carbocycles. The normalized spacial score (nSPS) is 10.8. The molecule has 0 amide bonds. The Morgan fingerprint density at radius 2 is 1.80 bits per heavy atom. The van der Waals surface area contributed by atoms with Crippen molar-refractivity contribution in [2.45, 2.75) is 6.42 Å². The topological polar surface area (TPSA) is 45.8 Å². The van der Waals surface area contributed by atoms with Crippen molar-refractivity contribution in [2.75, 3.05) is 6.67 Å². The first-order valence-corrected chi connectivity index (χ1v) is 6.43. The van der Waals surface area contributed by atoms with E-state index in [0.29, 0.717) is 23.1 Å². The Hall–Kier alpha value is -2.49. The minimum absolute atomic E-state index is 0.180. The standard InChI is InChI=1S/C16H13FN2O/c17-10-9-11-5-1-2-6-12(11)15-18-14-8-4-3-7-13(14)16(20)19-15/h1-8H,9-10H2,(H,18,19,20). The number of benzene rings is 2. The second kappa shape index (κ2) is 5.25. The van der Waals surface area contributed by atoms with Crippen molar-refractivity contribution in [2.24, 2.45) is 0 Å². The molecule has 0 fully saturated rings. The van der Waals surface area contributed by atoms with Crippen LogP contribution in [0.3, 0.4) is 0 Å². The van der Waals surface area contributed by atoms with E-state index in [1.807, 2.05) is 30.3 Å². The van der Waals surface area contributed by atoms with Gasteiger partial charge in [0.2, 0.25) is 0 Å². The van der Waals surface area contributed by atoms with Crippen LogP contribution in [0.15, 0.2) is 53.3 Å². The molecule has 100 valence electrons. The summed E-state index contributed by atoms with van der Waals surface area (Å²) < 4.78 is 12.6. The molecule has 3 rings (SSSR count). The van der Waals surface area contributed by atoms with E-state index < -0.39 is 6.67 Å². The maximum atomic E-state index is 12.6. The summed E-state index contributed by atoms with van der Waals surface area (Å²) >= 11 is 0. The van der Waals surface area contributed by atoms with Gasteiger partial charge in [-0.25, -0.2) is 4.98 Å². The van der Waals surface area contributed by atoms with Crippen molar-refractivity contribution < 1.29 is 4.39 Å². The first-order valence-electron chi connectivity index (χ1n) is 6.43. The molecule has 1 N–H and O–H groups in total. The highest BCUT2D eigenvalue weighted by Gasteiger charge is 2.09. The van der Waals surface area contributed by atoms with E-state index in [9.17, 15) is 9.18 Å². The van der Waals surface area contributed by atoms with Gasteiger partial charge in [-0.15, -0.1) is 0 Å². The van der Waals surface area contributed by atoms with Crippen molar-refractivity contribution in [1.29, 1.82) is 0 Å². The van der Waals surface area contributed by atoms with E-state index in [1.165, 1.54) is 0 Å². The maximum absolute atomic E-state index is 12.6. The third-order valence-electron chi connectivity index (χ3n) is 3.25. The average Bonchev–Trinajstić information content (AvgIpc) is 2.48. The highest BCUT2D eigenvalue weighted by atomic mass is 19.1. The zero-order chi connectivity index (χ0) is 13.9. The minimum atomic E-state index is -0.436. The van der Waals surface area contributed by atoms with E-state index >= 15 is 0 Å². The number of hydrogen-bond donors (Lipinski definition) is 1. The van der Waals surface area contributed by atoms with E-state index in [-0.39, 0.29) is 5.56 Å². The lowest BCUT2D eigenvalue weighted by Gasteiger charge is -2.08. The highest BCUT2D eigenvalue weighted by Crippen LogP contribution is 2.21. The van der Waals surface area contributed by atoms with Gasteiger partial charge < -0.3 is 4.98 Å². The number of aromatic nitrogens is 2. The molecule has 0 unspecified atom stereocenters. The van der Waals surface area contributed by atoms with Crippen molar-refractivity contribution in [3.05, 3.63) is 64.4 Å². The van der Waals surface area contributed by atoms with E-state index in [0.717, 1.165) is 11.1 Å². The maximum Gasteiger partial charge on any atom is 0.259 e. The van der Waals surface area contributed by atoms with Crippen LogP contribution in [-0.2, 0) is 6.42 Å². The monoisotopic (exact) mass is 268 g/mol. The summed E-state index contributed by atoms with van der Waals surface area (Å²) in [6.07, 6.45) is 0.312. The molecule has 3 nitrogen and oxygen atoms in total. The first kappa shape index (κ1) is 12.5. The van der Waals surface area contributed by atoms with Gasteiger partial charge in [-0.3, -0.25) is 9.18 Å². The predicted molar refractivity (Wildman–Crippen MR) is 77.5 cm³/mol. The molecule has 3 aromatic rings. The third-order valence-corrected chi connectivity index (χ3v) is 3.25. The summed E-state index contributed by atoms with van der Waals surface area (Å²) in [5.41, 5.74) is 2.07. The number of fused-ring (bicyclic) bond motifs is 1. The molecule has 0 spiro atoms. The SMILES string of the molecule is O=c1[nH]c(-c2ccccc2CCF)nc2ccccc12. The largest absolute Gasteiger partial charge is 0.306 e. The number of nitrogens with zero attached hydrogens (tertiary/aromatic N) is 1. The van der Waals surface area contributed by atoms with Gasteiger partial charge in [-0.2, -0.15) is 0 Å². The Morgan fingerprint density at radius 1 is 1.05 bits per heavy atom. The summed E-state index contributed by atoms with van der Waals surface area (Å²) in [5.74, 6) is 0.484. The van der Waals surface area contributed by atoms with Crippen LogP contribution in [0.4, 0.5) is 4.39 Å². The zero-order valence-corrected chi connectivity index (χ0v) is 10.8. The molecular formula is C16H13FN2O. The lowest BCUT2D eigenvalue weighted by atomic mass is 10.0. The lowest BCUT2D eigenvalue weighted by Crippen LogP contribution is -2.10. The van der Waals surface area contributed by atoms with Gasteiger partial charge >= 0.3 is 0 Å². The molecule has 0 radical (unpaired) electrons. The van der Waals surface area contributed by atoms with Crippen LogP contribution in [0.5, 0.6) is 0 Å². The summed E-state index contributed by atoms with van der Waals surface area (Å²) in [4.78, 5) is 19.3. The Bertz CT molecular complexity index is 811. The minimum Gasteiger partial charge on any atom is -0.306 e. The number of nitrogens with one attached hydrogen (secondary N) is 1. The summed E-state index contributed by atoms with van der Waals surface area (Å²) in [6.45, 7) is -0.436. The molecule has 20 heavy (non-hydrogen) atoms. The summed E-state index contributed by atoms with van der Waals surface area (Å²) in [6, 6.07) is 14.6. The Labute approximate surface area is 115 Å². The Balaban J connectivity index is 2.23. The van der Waals surface area contributed by atoms with E-state index in [4.69, 9.17) is 0 Å². The summed E-state index contributed by atoms with van der Waals surface area (Å²) in [7, 11) is 0. The first-order chi connectivity index (χ1) is 9.79. The van der Waals surface area contributed by atoms with Crippen molar-refractivity contribution in [1.82, 2.24) is 9.97 Å². The zero-order valence-electron chi connectivity index (χ0n) is 10.8. The number of aromatic amines is 1. The van der Waals surface area contributed by atoms with Crippen molar-refractivity contribution in [3.63, 3.8) is 0 Å². The molecule has 2 aromatic carbocycles. The van der Waals surface area contributed by atoms with Crippen molar-refractivity contribution >= 4 is 10.9 Å². The smallest absolute Gasteiger partial charge is 0.259 e. The van der Waals surface area contributed by atoms with Crippen LogP contribution in [-0.4, -0.2) is 16.6 Å². The number of H-pyrrole nitrogens is 1.